The molecule has 1 heterocycles. The summed E-state index contributed by atoms with van der Waals surface area (Å²) in [6, 6.07) is 7.94. The maximum Gasteiger partial charge on any atom is 0.322 e. The minimum atomic E-state index is -0.0804. The van der Waals surface area contributed by atoms with Gasteiger partial charge < -0.3 is 20.3 Å². The molecule has 2 amide bonds. The van der Waals surface area contributed by atoms with Crippen LogP contribution >= 0.6 is 0 Å². The summed E-state index contributed by atoms with van der Waals surface area (Å²) in [5.41, 5.74) is 0.704. The Morgan fingerprint density at radius 2 is 2.24 bits per heavy atom. The van der Waals surface area contributed by atoms with Crippen LogP contribution in [-0.2, 0) is 0 Å². The SMILES string of the molecule is COc1ccccc1NC(=O)N(CC1CCCN1)C(C)C. The number of rotatable bonds is 5. The summed E-state index contributed by atoms with van der Waals surface area (Å²) in [6.07, 6.45) is 2.32. The van der Waals surface area contributed by atoms with Crippen molar-refractivity contribution in [2.45, 2.75) is 38.8 Å². The maximum absolute atomic E-state index is 12.5. The molecule has 0 bridgehead atoms. The van der Waals surface area contributed by atoms with E-state index in [4.69, 9.17) is 4.74 Å². The second-order valence-corrected chi connectivity index (χ2v) is 5.67. The second kappa shape index (κ2) is 7.31. The minimum absolute atomic E-state index is 0.0804. The Bertz CT molecular complexity index is 470. The van der Waals surface area contributed by atoms with Gasteiger partial charge in [-0.3, -0.25) is 0 Å². The molecule has 2 N–H and O–H groups in total. The van der Waals surface area contributed by atoms with Gasteiger partial charge in [-0.15, -0.1) is 0 Å². The Kier molecular flexibility index (Phi) is 5.44. The molecule has 1 atom stereocenters. The summed E-state index contributed by atoms with van der Waals surface area (Å²) in [5.74, 6) is 0.675. The molecule has 1 aromatic carbocycles. The number of carbonyl (C=O) groups is 1. The first kappa shape index (κ1) is 15.6. The first-order chi connectivity index (χ1) is 10.1. The van der Waals surface area contributed by atoms with Crippen molar-refractivity contribution in [2.75, 3.05) is 25.5 Å². The molecule has 5 nitrogen and oxygen atoms in total. The number of nitrogens with one attached hydrogen (secondary N) is 2. The van der Waals surface area contributed by atoms with E-state index in [9.17, 15) is 4.79 Å². The van der Waals surface area contributed by atoms with Gasteiger partial charge in [0.1, 0.15) is 5.75 Å². The predicted molar refractivity (Wildman–Crippen MR) is 84.9 cm³/mol. The minimum Gasteiger partial charge on any atom is -0.495 e. The normalized spacial score (nSPS) is 17.8. The molecule has 1 aromatic rings. The number of anilines is 1. The zero-order valence-corrected chi connectivity index (χ0v) is 13.1. The number of nitrogens with zero attached hydrogens (tertiary/aromatic N) is 1. The molecule has 2 rings (SSSR count). The molecule has 5 heteroatoms. The number of benzene rings is 1. The number of ether oxygens (including phenoxy) is 1. The average Bonchev–Trinajstić information content (AvgIpc) is 2.98. The lowest BCUT2D eigenvalue weighted by molar-refractivity contribution is 0.190. The third-order valence-corrected chi connectivity index (χ3v) is 3.81. The van der Waals surface area contributed by atoms with Crippen LogP contribution in [0.25, 0.3) is 0 Å². The molecule has 116 valence electrons. The molecule has 0 aromatic heterocycles. The van der Waals surface area contributed by atoms with Crippen LogP contribution in [0.2, 0.25) is 0 Å². The third kappa shape index (κ3) is 4.11. The van der Waals surface area contributed by atoms with E-state index in [-0.39, 0.29) is 12.1 Å². The molecule has 1 aliphatic rings. The summed E-state index contributed by atoms with van der Waals surface area (Å²) >= 11 is 0. The summed E-state index contributed by atoms with van der Waals surface area (Å²) in [7, 11) is 1.60. The predicted octanol–water partition coefficient (Wildman–Crippen LogP) is 2.69. The van der Waals surface area contributed by atoms with Crippen LogP contribution in [0.4, 0.5) is 10.5 Å². The van der Waals surface area contributed by atoms with Crippen LogP contribution in [0.1, 0.15) is 26.7 Å². The Hall–Kier alpha value is -1.75. The molecule has 0 aliphatic carbocycles. The highest BCUT2D eigenvalue weighted by Crippen LogP contribution is 2.23. The number of carbonyl (C=O) groups excluding carboxylic acids is 1. The van der Waals surface area contributed by atoms with Crippen molar-refractivity contribution < 1.29 is 9.53 Å². The lowest BCUT2D eigenvalue weighted by atomic mass is 10.2. The lowest BCUT2D eigenvalue weighted by Gasteiger charge is -2.29. The quantitative estimate of drug-likeness (QED) is 0.877. The average molecular weight is 291 g/mol. The number of hydrogen-bond donors (Lipinski definition) is 2. The van der Waals surface area contributed by atoms with E-state index in [2.05, 4.69) is 10.6 Å². The zero-order chi connectivity index (χ0) is 15.2. The van der Waals surface area contributed by atoms with Gasteiger partial charge >= 0.3 is 6.03 Å². The van der Waals surface area contributed by atoms with Gasteiger partial charge in [0.15, 0.2) is 0 Å². The Morgan fingerprint density at radius 3 is 2.86 bits per heavy atom. The number of amides is 2. The molecule has 0 spiro atoms. The molecule has 1 saturated heterocycles. The first-order valence-corrected chi connectivity index (χ1v) is 7.56. The largest absolute Gasteiger partial charge is 0.495 e. The standard InChI is InChI=1S/C16H25N3O2/c1-12(2)19(11-13-7-6-10-17-13)16(20)18-14-8-4-5-9-15(14)21-3/h4-5,8-9,12-13,17H,6-7,10-11H2,1-3H3,(H,18,20). The van der Waals surface area contributed by atoms with Gasteiger partial charge in [0.25, 0.3) is 0 Å². The fourth-order valence-corrected chi connectivity index (χ4v) is 2.61. The highest BCUT2D eigenvalue weighted by molar-refractivity contribution is 5.91. The zero-order valence-electron chi connectivity index (χ0n) is 13.1. The molecule has 21 heavy (non-hydrogen) atoms. The Balaban J connectivity index is 2.04. The number of para-hydroxylation sites is 2. The molecule has 1 fully saturated rings. The molecule has 0 radical (unpaired) electrons. The van der Waals surface area contributed by atoms with E-state index < -0.39 is 0 Å². The van der Waals surface area contributed by atoms with Crippen molar-refractivity contribution in [3.8, 4) is 5.75 Å². The molecular formula is C16H25N3O2. The van der Waals surface area contributed by atoms with E-state index in [0.717, 1.165) is 19.5 Å². The van der Waals surface area contributed by atoms with Crippen LogP contribution in [0.15, 0.2) is 24.3 Å². The van der Waals surface area contributed by atoms with Crippen molar-refractivity contribution in [3.63, 3.8) is 0 Å². The summed E-state index contributed by atoms with van der Waals surface area (Å²) in [6.45, 7) is 5.86. The number of methoxy groups -OCH3 is 1. The topological polar surface area (TPSA) is 53.6 Å². The van der Waals surface area contributed by atoms with Crippen LogP contribution in [0, 0.1) is 0 Å². The second-order valence-electron chi connectivity index (χ2n) is 5.67. The van der Waals surface area contributed by atoms with E-state index in [1.54, 1.807) is 7.11 Å². The maximum atomic E-state index is 12.5. The molecule has 1 unspecified atom stereocenters. The van der Waals surface area contributed by atoms with Crippen molar-refractivity contribution in [1.29, 1.82) is 0 Å². The van der Waals surface area contributed by atoms with E-state index in [1.165, 1.54) is 6.42 Å². The fraction of sp³-hybridized carbons (Fsp3) is 0.562. The highest BCUT2D eigenvalue weighted by atomic mass is 16.5. The van der Waals surface area contributed by atoms with Gasteiger partial charge in [0, 0.05) is 18.6 Å². The van der Waals surface area contributed by atoms with Crippen molar-refractivity contribution in [2.24, 2.45) is 0 Å². The Morgan fingerprint density at radius 1 is 1.48 bits per heavy atom. The van der Waals surface area contributed by atoms with E-state index in [0.29, 0.717) is 17.5 Å². The van der Waals surface area contributed by atoms with Crippen LogP contribution in [-0.4, -0.2) is 43.2 Å². The van der Waals surface area contributed by atoms with Crippen molar-refractivity contribution >= 4 is 11.7 Å². The van der Waals surface area contributed by atoms with Crippen LogP contribution in [0.3, 0.4) is 0 Å². The van der Waals surface area contributed by atoms with E-state index >= 15 is 0 Å². The van der Waals surface area contributed by atoms with Gasteiger partial charge in [0.2, 0.25) is 0 Å². The van der Waals surface area contributed by atoms with Gasteiger partial charge in [-0.2, -0.15) is 0 Å². The van der Waals surface area contributed by atoms with Gasteiger partial charge in [-0.1, -0.05) is 12.1 Å². The fourth-order valence-electron chi connectivity index (χ4n) is 2.61. The van der Waals surface area contributed by atoms with E-state index in [1.807, 2.05) is 43.0 Å². The number of hydrogen-bond acceptors (Lipinski definition) is 3. The van der Waals surface area contributed by atoms with Crippen LogP contribution in [0.5, 0.6) is 5.75 Å². The van der Waals surface area contributed by atoms with Gasteiger partial charge in [-0.05, 0) is 45.4 Å². The van der Waals surface area contributed by atoms with Gasteiger partial charge in [0.05, 0.1) is 12.8 Å². The van der Waals surface area contributed by atoms with Gasteiger partial charge in [-0.25, -0.2) is 4.79 Å². The smallest absolute Gasteiger partial charge is 0.322 e. The Labute approximate surface area is 126 Å². The highest BCUT2D eigenvalue weighted by Gasteiger charge is 2.24. The van der Waals surface area contributed by atoms with Crippen LogP contribution < -0.4 is 15.4 Å². The summed E-state index contributed by atoms with van der Waals surface area (Å²) < 4.78 is 5.27. The first-order valence-electron chi connectivity index (χ1n) is 7.56. The summed E-state index contributed by atoms with van der Waals surface area (Å²) in [5, 5.41) is 6.39. The monoisotopic (exact) mass is 291 g/mol. The molecular weight excluding hydrogens is 266 g/mol. The van der Waals surface area contributed by atoms with Crippen molar-refractivity contribution in [1.82, 2.24) is 10.2 Å². The molecule has 1 aliphatic heterocycles. The third-order valence-electron chi connectivity index (χ3n) is 3.81. The summed E-state index contributed by atoms with van der Waals surface area (Å²) in [4.78, 5) is 14.4. The molecule has 0 saturated carbocycles. The number of urea groups is 1. The van der Waals surface area contributed by atoms with Crippen molar-refractivity contribution in [3.05, 3.63) is 24.3 Å². The lowest BCUT2D eigenvalue weighted by Crippen LogP contribution is -2.46.